The zero-order chi connectivity index (χ0) is 16.5. The number of hydrogen-bond acceptors (Lipinski definition) is 4. The summed E-state index contributed by atoms with van der Waals surface area (Å²) in [7, 11) is 2.65. The third-order valence-electron chi connectivity index (χ3n) is 4.86. The number of carbonyl (C=O) groups excluding carboxylic acids is 2. The van der Waals surface area contributed by atoms with Crippen molar-refractivity contribution in [2.24, 2.45) is 5.41 Å². The predicted molar refractivity (Wildman–Crippen MR) is 81.6 cm³/mol. The van der Waals surface area contributed by atoms with E-state index in [1.165, 1.54) is 14.2 Å². The van der Waals surface area contributed by atoms with Gasteiger partial charge in [0.2, 0.25) is 0 Å². The standard InChI is InChI=1S/C17H24O4/c1-9-10(2)12(4)14(15(18)20-7)17(6,16(19)21-8)13(5)11(9)3/h1-8H3. The number of ether oxygens (including phenoxy) is 2. The molecule has 0 N–H and O–H groups in total. The van der Waals surface area contributed by atoms with Crippen LogP contribution in [0, 0.1) is 5.41 Å². The minimum Gasteiger partial charge on any atom is -0.468 e. The fourth-order valence-corrected chi connectivity index (χ4v) is 2.89. The van der Waals surface area contributed by atoms with E-state index < -0.39 is 17.4 Å². The van der Waals surface area contributed by atoms with Gasteiger partial charge >= 0.3 is 11.9 Å². The highest BCUT2D eigenvalue weighted by Crippen LogP contribution is 2.45. The molecule has 1 unspecified atom stereocenters. The molecule has 0 aromatic carbocycles. The molecule has 4 nitrogen and oxygen atoms in total. The van der Waals surface area contributed by atoms with Crippen LogP contribution in [0.2, 0.25) is 0 Å². The minimum atomic E-state index is -1.14. The molecule has 0 saturated heterocycles. The second-order valence-corrected chi connectivity index (χ2v) is 5.61. The predicted octanol–water partition coefficient (Wildman–Crippen LogP) is 3.34. The van der Waals surface area contributed by atoms with Crippen molar-refractivity contribution in [1.82, 2.24) is 0 Å². The molecule has 0 bridgehead atoms. The van der Waals surface area contributed by atoms with Gasteiger partial charge in [-0.25, -0.2) is 4.79 Å². The van der Waals surface area contributed by atoms with E-state index in [4.69, 9.17) is 9.47 Å². The van der Waals surface area contributed by atoms with Crippen LogP contribution in [0.25, 0.3) is 0 Å². The maximum atomic E-state index is 12.5. The second kappa shape index (κ2) is 5.88. The average Bonchev–Trinajstić information content (AvgIpc) is 2.53. The first kappa shape index (κ1) is 17.2. The fraction of sp³-hybridized carbons (Fsp3) is 0.529. The van der Waals surface area contributed by atoms with Crippen molar-refractivity contribution in [3.63, 3.8) is 0 Å². The molecule has 0 radical (unpaired) electrons. The lowest BCUT2D eigenvalue weighted by Crippen LogP contribution is -2.37. The van der Waals surface area contributed by atoms with E-state index in [0.29, 0.717) is 5.57 Å². The van der Waals surface area contributed by atoms with Crippen LogP contribution in [0.3, 0.4) is 0 Å². The molecule has 1 aliphatic rings. The normalized spacial score (nSPS) is 23.2. The van der Waals surface area contributed by atoms with Gasteiger partial charge in [-0.1, -0.05) is 0 Å². The molecule has 1 rings (SSSR count). The first-order valence-corrected chi connectivity index (χ1v) is 6.88. The van der Waals surface area contributed by atoms with Crippen LogP contribution in [0.1, 0.15) is 41.5 Å². The minimum absolute atomic E-state index is 0.350. The zero-order valence-electron chi connectivity index (χ0n) is 14.1. The zero-order valence-corrected chi connectivity index (χ0v) is 14.1. The Balaban J connectivity index is 3.89. The molecule has 1 aliphatic carbocycles. The van der Waals surface area contributed by atoms with Crippen molar-refractivity contribution < 1.29 is 19.1 Å². The monoisotopic (exact) mass is 292 g/mol. The average molecular weight is 292 g/mol. The van der Waals surface area contributed by atoms with Crippen LogP contribution in [0.15, 0.2) is 33.4 Å². The van der Waals surface area contributed by atoms with Crippen molar-refractivity contribution in [2.75, 3.05) is 14.2 Å². The van der Waals surface area contributed by atoms with E-state index in [2.05, 4.69) is 0 Å². The van der Waals surface area contributed by atoms with Crippen molar-refractivity contribution in [3.05, 3.63) is 33.4 Å². The van der Waals surface area contributed by atoms with Gasteiger partial charge in [0.1, 0.15) is 5.41 Å². The quantitative estimate of drug-likeness (QED) is 0.732. The van der Waals surface area contributed by atoms with Gasteiger partial charge in [-0.3, -0.25) is 4.79 Å². The van der Waals surface area contributed by atoms with Crippen molar-refractivity contribution in [1.29, 1.82) is 0 Å². The number of hydrogen-bond donors (Lipinski definition) is 0. The molecule has 0 heterocycles. The lowest BCUT2D eigenvalue weighted by Gasteiger charge is -2.30. The van der Waals surface area contributed by atoms with Crippen molar-refractivity contribution in [3.8, 4) is 0 Å². The Morgan fingerprint density at radius 2 is 1.29 bits per heavy atom. The molecule has 1 atom stereocenters. The van der Waals surface area contributed by atoms with Gasteiger partial charge in [-0.15, -0.1) is 0 Å². The van der Waals surface area contributed by atoms with Gasteiger partial charge in [0.25, 0.3) is 0 Å². The van der Waals surface area contributed by atoms with E-state index in [9.17, 15) is 9.59 Å². The summed E-state index contributed by atoms with van der Waals surface area (Å²) in [4.78, 5) is 24.8. The molecule has 0 amide bonds. The van der Waals surface area contributed by atoms with E-state index in [0.717, 1.165) is 27.9 Å². The lowest BCUT2D eigenvalue weighted by molar-refractivity contribution is -0.151. The van der Waals surface area contributed by atoms with Gasteiger partial charge in [-0.2, -0.15) is 0 Å². The van der Waals surface area contributed by atoms with Gasteiger partial charge in [0.05, 0.1) is 19.8 Å². The molecular weight excluding hydrogens is 268 g/mol. The number of methoxy groups -OCH3 is 2. The molecule has 116 valence electrons. The van der Waals surface area contributed by atoms with Gasteiger partial charge < -0.3 is 9.47 Å². The van der Waals surface area contributed by atoms with Crippen LogP contribution < -0.4 is 0 Å². The summed E-state index contributed by atoms with van der Waals surface area (Å²) >= 11 is 0. The van der Waals surface area contributed by atoms with Crippen LogP contribution in [-0.4, -0.2) is 26.2 Å². The highest BCUT2D eigenvalue weighted by molar-refractivity contribution is 6.01. The first-order valence-electron chi connectivity index (χ1n) is 6.88. The van der Waals surface area contributed by atoms with Crippen LogP contribution in [0.4, 0.5) is 0 Å². The Kier molecular flexibility index (Phi) is 4.82. The maximum absolute atomic E-state index is 12.5. The first-order chi connectivity index (χ1) is 9.64. The lowest BCUT2D eigenvalue weighted by atomic mass is 9.73. The van der Waals surface area contributed by atoms with Gasteiger partial charge in [0.15, 0.2) is 0 Å². The maximum Gasteiger partial charge on any atom is 0.335 e. The van der Waals surface area contributed by atoms with E-state index >= 15 is 0 Å². The van der Waals surface area contributed by atoms with Crippen LogP contribution in [0.5, 0.6) is 0 Å². The molecule has 0 saturated carbocycles. The highest BCUT2D eigenvalue weighted by atomic mass is 16.5. The topological polar surface area (TPSA) is 52.6 Å². The Bertz CT molecular complexity index is 590. The Hall–Kier alpha value is -1.84. The Labute approximate surface area is 126 Å². The SMILES string of the molecule is COC(=O)C1=C(C)C(C)=C(C)C(C)=C(C)C1(C)C(=O)OC. The molecule has 0 aliphatic heterocycles. The largest absolute Gasteiger partial charge is 0.468 e. The third kappa shape index (κ3) is 2.43. The molecule has 4 heteroatoms. The van der Waals surface area contributed by atoms with Crippen molar-refractivity contribution >= 4 is 11.9 Å². The van der Waals surface area contributed by atoms with Gasteiger partial charge in [0, 0.05) is 0 Å². The van der Waals surface area contributed by atoms with Crippen molar-refractivity contribution in [2.45, 2.75) is 41.5 Å². The number of rotatable bonds is 2. The second-order valence-electron chi connectivity index (χ2n) is 5.61. The Morgan fingerprint density at radius 1 is 0.810 bits per heavy atom. The van der Waals surface area contributed by atoms with E-state index in [1.54, 1.807) is 6.92 Å². The summed E-state index contributed by atoms with van der Waals surface area (Å²) in [5.41, 5.74) is 3.84. The summed E-state index contributed by atoms with van der Waals surface area (Å²) in [6, 6.07) is 0. The Morgan fingerprint density at radius 3 is 1.71 bits per heavy atom. The van der Waals surface area contributed by atoms with E-state index in [-0.39, 0.29) is 0 Å². The summed E-state index contributed by atoms with van der Waals surface area (Å²) in [5.74, 6) is -0.955. The third-order valence-corrected chi connectivity index (χ3v) is 4.86. The summed E-state index contributed by atoms with van der Waals surface area (Å²) in [6.45, 7) is 11.3. The summed E-state index contributed by atoms with van der Waals surface area (Å²) in [5, 5.41) is 0. The molecule has 0 aromatic heterocycles. The molecule has 0 aromatic rings. The van der Waals surface area contributed by atoms with Crippen LogP contribution >= 0.6 is 0 Å². The number of carbonyl (C=O) groups is 2. The van der Waals surface area contributed by atoms with Gasteiger partial charge in [-0.05, 0) is 69.4 Å². The molecule has 0 fully saturated rings. The number of esters is 2. The number of allylic oxidation sites excluding steroid dienone is 4. The molecule has 0 spiro atoms. The molecule has 21 heavy (non-hydrogen) atoms. The summed E-state index contributed by atoms with van der Waals surface area (Å²) in [6.07, 6.45) is 0. The summed E-state index contributed by atoms with van der Waals surface area (Å²) < 4.78 is 9.90. The van der Waals surface area contributed by atoms with E-state index in [1.807, 2.05) is 34.6 Å². The highest BCUT2D eigenvalue weighted by Gasteiger charge is 2.47. The fourth-order valence-electron chi connectivity index (χ4n) is 2.89. The van der Waals surface area contributed by atoms with Crippen LogP contribution in [-0.2, 0) is 19.1 Å². The smallest absolute Gasteiger partial charge is 0.335 e. The molecular formula is C17H24O4.